The van der Waals surface area contributed by atoms with Crippen molar-refractivity contribution >= 4 is 45.8 Å². The van der Waals surface area contributed by atoms with Crippen LogP contribution < -0.4 is 10.6 Å². The lowest BCUT2D eigenvalue weighted by atomic mass is 9.97. The van der Waals surface area contributed by atoms with Crippen molar-refractivity contribution in [1.29, 1.82) is 0 Å². The van der Waals surface area contributed by atoms with Gasteiger partial charge in [-0.2, -0.15) is 0 Å². The molecular weight excluding hydrogens is 390 g/mol. The van der Waals surface area contributed by atoms with Crippen molar-refractivity contribution in [2.45, 2.75) is 12.2 Å². The summed E-state index contributed by atoms with van der Waals surface area (Å²) in [5, 5.41) is 24.2. The first kappa shape index (κ1) is 17.6. The average Bonchev–Trinajstić information content (AvgIpc) is 2.67. The molecule has 0 saturated carbocycles. The van der Waals surface area contributed by atoms with E-state index in [4.69, 9.17) is 11.6 Å². The molecule has 0 bridgehead atoms. The Hall–Kier alpha value is -2.78. The van der Waals surface area contributed by atoms with Crippen LogP contribution in [0.15, 0.2) is 47.6 Å². The number of amides is 1. The molecule has 2 N–H and O–H groups in total. The second kappa shape index (κ2) is 6.75. The number of amidine groups is 1. The van der Waals surface area contributed by atoms with Gasteiger partial charge in [-0.3, -0.25) is 19.9 Å². The topological polar surface area (TPSA) is 99.9 Å². The number of nitro groups is 1. The molecule has 2 aliphatic rings. The van der Waals surface area contributed by atoms with E-state index in [1.54, 1.807) is 11.3 Å². The molecule has 2 atom stereocenters. The molecule has 0 radical (unpaired) electrons. The van der Waals surface area contributed by atoms with E-state index in [0.29, 0.717) is 15.8 Å². The van der Waals surface area contributed by atoms with Crippen molar-refractivity contribution in [3.8, 4) is 0 Å². The number of nitrogens with zero attached hydrogens (tertiary/aromatic N) is 3. The van der Waals surface area contributed by atoms with E-state index in [1.807, 2.05) is 24.3 Å². The van der Waals surface area contributed by atoms with Crippen molar-refractivity contribution in [1.82, 2.24) is 10.3 Å². The largest absolute Gasteiger partial charge is 0.360 e. The molecule has 2 aromatic rings. The number of benzene rings is 2. The number of carbonyl (C=O) groups excluding carboxylic acids is 1. The maximum atomic E-state index is 12.8. The summed E-state index contributed by atoms with van der Waals surface area (Å²) in [5.41, 5.74) is 1.92. The summed E-state index contributed by atoms with van der Waals surface area (Å²) >= 11 is 7.66. The normalized spacial score (nSPS) is 20.7. The van der Waals surface area contributed by atoms with Crippen LogP contribution in [0.3, 0.4) is 0 Å². The van der Waals surface area contributed by atoms with Crippen molar-refractivity contribution in [3.63, 3.8) is 0 Å². The first-order valence-corrected chi connectivity index (χ1v) is 9.61. The zero-order valence-corrected chi connectivity index (χ0v) is 15.6. The van der Waals surface area contributed by atoms with Crippen LogP contribution in [0.2, 0.25) is 5.02 Å². The van der Waals surface area contributed by atoms with Crippen LogP contribution in [0.4, 0.5) is 11.4 Å². The fourth-order valence-corrected chi connectivity index (χ4v) is 3.82. The first-order chi connectivity index (χ1) is 13.0. The molecule has 2 aliphatic heterocycles. The van der Waals surface area contributed by atoms with Crippen molar-refractivity contribution < 1.29 is 9.72 Å². The van der Waals surface area contributed by atoms with Gasteiger partial charge in [-0.1, -0.05) is 41.6 Å². The van der Waals surface area contributed by atoms with Gasteiger partial charge in [-0.25, -0.2) is 0 Å². The summed E-state index contributed by atoms with van der Waals surface area (Å²) in [6.07, 6.45) is 1.17. The number of anilines is 1. The van der Waals surface area contributed by atoms with Crippen LogP contribution in [-0.4, -0.2) is 27.3 Å². The molecule has 10 heteroatoms. The molecule has 2 aromatic carbocycles. The Morgan fingerprint density at radius 3 is 2.78 bits per heavy atom. The van der Waals surface area contributed by atoms with Gasteiger partial charge in [0.25, 0.3) is 11.6 Å². The van der Waals surface area contributed by atoms with E-state index < -0.39 is 17.1 Å². The molecular formula is C17H14ClN5O3S. The summed E-state index contributed by atoms with van der Waals surface area (Å²) in [4.78, 5) is 23.5. The number of nitrogens with one attached hydrogen (secondary N) is 2. The van der Waals surface area contributed by atoms with E-state index >= 15 is 0 Å². The van der Waals surface area contributed by atoms with E-state index in [0.717, 1.165) is 11.3 Å². The van der Waals surface area contributed by atoms with E-state index in [2.05, 4.69) is 15.7 Å². The summed E-state index contributed by atoms with van der Waals surface area (Å²) in [5.74, 6) is -0.213. The fraction of sp³-hybridized carbons (Fsp3) is 0.176. The Kier molecular flexibility index (Phi) is 4.40. The number of fused-ring (bicyclic) bond motifs is 3. The van der Waals surface area contributed by atoms with Gasteiger partial charge in [-0.15, -0.1) is 5.10 Å². The van der Waals surface area contributed by atoms with Gasteiger partial charge in [0.05, 0.1) is 4.92 Å². The van der Waals surface area contributed by atoms with Crippen LogP contribution in [-0.2, 0) is 4.79 Å². The highest BCUT2D eigenvalue weighted by atomic mass is 35.5. The zero-order chi connectivity index (χ0) is 19.1. The third kappa shape index (κ3) is 2.98. The molecule has 8 nitrogen and oxygen atoms in total. The number of rotatable bonds is 2. The highest BCUT2D eigenvalue weighted by molar-refractivity contribution is 8.13. The van der Waals surface area contributed by atoms with Gasteiger partial charge < -0.3 is 10.6 Å². The van der Waals surface area contributed by atoms with E-state index in [1.165, 1.54) is 30.0 Å². The lowest BCUT2D eigenvalue weighted by Crippen LogP contribution is -2.50. The first-order valence-electron chi connectivity index (χ1n) is 8.00. The quantitative estimate of drug-likeness (QED) is 0.588. The van der Waals surface area contributed by atoms with Crippen LogP contribution >= 0.6 is 23.4 Å². The van der Waals surface area contributed by atoms with Crippen LogP contribution in [0.5, 0.6) is 0 Å². The molecule has 0 spiro atoms. The SMILES string of the molecule is CSC1=NN2[C@H](C(=O)N1)c1ccccc1N[C@H]2c1cc([N+](=O)[O-])ccc1Cl. The van der Waals surface area contributed by atoms with Gasteiger partial charge in [0.1, 0.15) is 6.17 Å². The number of hydrazone groups is 1. The Bertz CT molecular complexity index is 983. The number of hydrogen-bond acceptors (Lipinski definition) is 7. The number of non-ortho nitro benzene ring substituents is 1. The zero-order valence-electron chi connectivity index (χ0n) is 14.0. The number of halogens is 1. The minimum absolute atomic E-state index is 0.0814. The van der Waals surface area contributed by atoms with Crippen molar-refractivity contribution in [3.05, 3.63) is 68.7 Å². The molecule has 0 unspecified atom stereocenters. The molecule has 2 heterocycles. The highest BCUT2D eigenvalue weighted by Crippen LogP contribution is 2.44. The Labute approximate surface area is 163 Å². The van der Waals surface area contributed by atoms with E-state index in [-0.39, 0.29) is 11.6 Å². The van der Waals surface area contributed by atoms with Crippen LogP contribution in [0.25, 0.3) is 0 Å². The predicted molar refractivity (Wildman–Crippen MR) is 105 cm³/mol. The summed E-state index contributed by atoms with van der Waals surface area (Å²) in [7, 11) is 0. The van der Waals surface area contributed by atoms with Crippen LogP contribution in [0.1, 0.15) is 23.3 Å². The van der Waals surface area contributed by atoms with Crippen molar-refractivity contribution in [2.24, 2.45) is 5.10 Å². The number of para-hydroxylation sites is 1. The number of thioether (sulfide) groups is 1. The highest BCUT2D eigenvalue weighted by Gasteiger charge is 2.42. The van der Waals surface area contributed by atoms with Gasteiger partial charge in [0.15, 0.2) is 11.2 Å². The number of nitro benzene ring substituents is 1. The molecule has 138 valence electrons. The maximum Gasteiger partial charge on any atom is 0.269 e. The molecule has 0 saturated heterocycles. The lowest BCUT2D eigenvalue weighted by Gasteiger charge is -2.43. The Morgan fingerprint density at radius 1 is 1.26 bits per heavy atom. The third-order valence-electron chi connectivity index (χ3n) is 4.44. The summed E-state index contributed by atoms with van der Waals surface area (Å²) in [6, 6.07) is 11.0. The van der Waals surface area contributed by atoms with Gasteiger partial charge in [0.2, 0.25) is 0 Å². The molecule has 4 rings (SSSR count). The number of hydrogen-bond donors (Lipinski definition) is 2. The van der Waals surface area contributed by atoms with Gasteiger partial charge in [0, 0.05) is 34.0 Å². The van der Waals surface area contributed by atoms with Gasteiger partial charge >= 0.3 is 0 Å². The smallest absolute Gasteiger partial charge is 0.269 e. The molecule has 1 amide bonds. The van der Waals surface area contributed by atoms with E-state index in [9.17, 15) is 14.9 Å². The predicted octanol–water partition coefficient (Wildman–Crippen LogP) is 3.48. The average molecular weight is 404 g/mol. The molecule has 0 aromatic heterocycles. The monoisotopic (exact) mass is 403 g/mol. The Morgan fingerprint density at radius 2 is 2.04 bits per heavy atom. The summed E-state index contributed by atoms with van der Waals surface area (Å²) in [6.45, 7) is 0. The number of carbonyl (C=O) groups is 1. The fourth-order valence-electron chi connectivity index (χ4n) is 3.22. The second-order valence-electron chi connectivity index (χ2n) is 5.98. The molecule has 0 aliphatic carbocycles. The molecule has 0 fully saturated rings. The van der Waals surface area contributed by atoms with Crippen molar-refractivity contribution in [2.75, 3.05) is 11.6 Å². The lowest BCUT2D eigenvalue weighted by molar-refractivity contribution is -0.384. The summed E-state index contributed by atoms with van der Waals surface area (Å²) < 4.78 is 0. The minimum Gasteiger partial charge on any atom is -0.360 e. The van der Waals surface area contributed by atoms with Crippen LogP contribution in [0, 0.1) is 10.1 Å². The third-order valence-corrected chi connectivity index (χ3v) is 5.35. The Balaban J connectivity index is 1.89. The minimum atomic E-state index is -0.668. The molecule has 27 heavy (non-hydrogen) atoms. The maximum absolute atomic E-state index is 12.8. The standard InChI is InChI=1S/C17H14ClN5O3S/c1-27-17-20-16(24)14-10-4-2-3-5-13(10)19-15(22(14)21-17)11-8-9(23(25)26)6-7-12(11)18/h2-8,14-15,19H,1H3,(H,20,21,24)/t14-,15+/m0/s1. The second-order valence-corrected chi connectivity index (χ2v) is 7.18. The van der Waals surface area contributed by atoms with Gasteiger partial charge in [-0.05, 0) is 18.4 Å².